The molecule has 0 saturated carbocycles. The summed E-state index contributed by atoms with van der Waals surface area (Å²) in [5.74, 6) is 0. The molecule has 166 valence electrons. The fourth-order valence-corrected chi connectivity index (χ4v) is 5.57. The van der Waals surface area contributed by atoms with E-state index in [9.17, 15) is 0 Å². The molecule has 2 aromatic heterocycles. The normalized spacial score (nSPS) is 11.7. The molecule has 0 atom stereocenters. The first-order valence-electron chi connectivity index (χ1n) is 12.0. The molecule has 5 aromatic carbocycles. The minimum Gasteiger partial charge on any atom is -0.314 e. The van der Waals surface area contributed by atoms with Crippen molar-refractivity contribution in [2.45, 2.75) is 6.92 Å². The first kappa shape index (κ1) is 19.9. The van der Waals surface area contributed by atoms with Gasteiger partial charge in [0.25, 0.3) is 0 Å². The van der Waals surface area contributed by atoms with Crippen molar-refractivity contribution in [3.05, 3.63) is 122 Å². The maximum atomic E-state index is 4.23. The lowest BCUT2D eigenvalue weighted by Gasteiger charge is -2.09. The first-order chi connectivity index (χ1) is 17.2. The molecule has 0 aliphatic carbocycles. The number of fused-ring (bicyclic) bond motifs is 6. The highest BCUT2D eigenvalue weighted by Gasteiger charge is 2.15. The van der Waals surface area contributed by atoms with Gasteiger partial charge in [-0.1, -0.05) is 79.4 Å². The standard InChI is InChI=1S/C33H24N2/c1-22(2)34-30-14-8-7-13-27(30)29-20-23(17-19-32(29)34)24-16-18-28-26-12-6-9-15-31(26)35(33(28)21-24)25-10-4-3-5-11-25/h3-21H,1H2,2H3. The van der Waals surface area contributed by atoms with Gasteiger partial charge in [0, 0.05) is 32.9 Å². The molecule has 2 nitrogen and oxygen atoms in total. The number of hydrogen-bond donors (Lipinski definition) is 0. The Morgan fingerprint density at radius 2 is 1.09 bits per heavy atom. The molecule has 0 aliphatic heterocycles. The van der Waals surface area contributed by atoms with Crippen LogP contribution in [0.2, 0.25) is 0 Å². The van der Waals surface area contributed by atoms with E-state index >= 15 is 0 Å². The summed E-state index contributed by atoms with van der Waals surface area (Å²) in [7, 11) is 0. The summed E-state index contributed by atoms with van der Waals surface area (Å²) in [5, 5.41) is 5.06. The molecule has 7 rings (SSSR count). The molecule has 0 saturated heterocycles. The number of benzene rings is 5. The molecular formula is C33H24N2. The van der Waals surface area contributed by atoms with E-state index in [0.717, 1.165) is 5.70 Å². The molecule has 0 N–H and O–H groups in total. The number of allylic oxidation sites excluding steroid dienone is 1. The van der Waals surface area contributed by atoms with Crippen molar-refractivity contribution in [1.82, 2.24) is 9.13 Å². The highest BCUT2D eigenvalue weighted by molar-refractivity contribution is 6.12. The zero-order valence-corrected chi connectivity index (χ0v) is 19.6. The lowest BCUT2D eigenvalue weighted by atomic mass is 10.0. The van der Waals surface area contributed by atoms with Gasteiger partial charge in [-0.2, -0.15) is 0 Å². The Morgan fingerprint density at radius 1 is 0.514 bits per heavy atom. The number of aromatic nitrogens is 2. The van der Waals surface area contributed by atoms with Gasteiger partial charge in [0.2, 0.25) is 0 Å². The van der Waals surface area contributed by atoms with Crippen LogP contribution in [0.15, 0.2) is 122 Å². The smallest absolute Gasteiger partial charge is 0.0547 e. The maximum Gasteiger partial charge on any atom is 0.0547 e. The van der Waals surface area contributed by atoms with Crippen molar-refractivity contribution in [2.24, 2.45) is 0 Å². The Morgan fingerprint density at radius 3 is 1.86 bits per heavy atom. The molecular weight excluding hydrogens is 424 g/mol. The molecule has 35 heavy (non-hydrogen) atoms. The quantitative estimate of drug-likeness (QED) is 0.255. The van der Waals surface area contributed by atoms with E-state index in [4.69, 9.17) is 0 Å². The van der Waals surface area contributed by atoms with Gasteiger partial charge in [0.1, 0.15) is 0 Å². The van der Waals surface area contributed by atoms with Crippen LogP contribution < -0.4 is 0 Å². The van der Waals surface area contributed by atoms with Crippen LogP contribution in [0, 0.1) is 0 Å². The van der Waals surface area contributed by atoms with Crippen molar-refractivity contribution in [2.75, 3.05) is 0 Å². The van der Waals surface area contributed by atoms with Crippen LogP contribution in [0.4, 0.5) is 0 Å². The topological polar surface area (TPSA) is 9.86 Å². The number of hydrogen-bond acceptors (Lipinski definition) is 0. The molecule has 0 unspecified atom stereocenters. The van der Waals surface area contributed by atoms with Crippen LogP contribution in [0.25, 0.3) is 66.1 Å². The minimum absolute atomic E-state index is 1.03. The summed E-state index contributed by atoms with van der Waals surface area (Å²) in [5.41, 5.74) is 9.48. The molecule has 0 bridgehead atoms. The molecule has 2 heteroatoms. The van der Waals surface area contributed by atoms with Crippen LogP contribution in [0.3, 0.4) is 0 Å². The maximum absolute atomic E-state index is 4.23. The minimum atomic E-state index is 1.03. The molecule has 0 aliphatic rings. The number of para-hydroxylation sites is 3. The zero-order valence-electron chi connectivity index (χ0n) is 19.6. The summed E-state index contributed by atoms with van der Waals surface area (Å²) >= 11 is 0. The van der Waals surface area contributed by atoms with Crippen molar-refractivity contribution in [1.29, 1.82) is 0 Å². The third-order valence-electron chi connectivity index (χ3n) is 7.08. The Bertz CT molecular complexity index is 1920. The Kier molecular flexibility index (Phi) is 4.24. The van der Waals surface area contributed by atoms with Crippen LogP contribution in [0.5, 0.6) is 0 Å². The van der Waals surface area contributed by atoms with Gasteiger partial charge in [-0.15, -0.1) is 0 Å². The number of nitrogens with zero attached hydrogens (tertiary/aromatic N) is 2. The molecule has 2 heterocycles. The average molecular weight is 449 g/mol. The predicted octanol–water partition coefficient (Wildman–Crippen LogP) is 9.05. The predicted molar refractivity (Wildman–Crippen MR) is 150 cm³/mol. The first-order valence-corrected chi connectivity index (χ1v) is 12.0. The lowest BCUT2D eigenvalue weighted by Crippen LogP contribution is -1.93. The second-order valence-corrected chi connectivity index (χ2v) is 9.24. The Hall–Kier alpha value is -4.56. The Balaban J connectivity index is 1.51. The van der Waals surface area contributed by atoms with E-state index in [2.05, 4.69) is 138 Å². The SMILES string of the molecule is C=C(C)n1c2ccccc2c2cc(-c3ccc4c5ccccc5n(-c5ccccc5)c4c3)ccc21. The van der Waals surface area contributed by atoms with Gasteiger partial charge >= 0.3 is 0 Å². The monoisotopic (exact) mass is 448 g/mol. The van der Waals surface area contributed by atoms with E-state index in [-0.39, 0.29) is 0 Å². The van der Waals surface area contributed by atoms with Crippen LogP contribution in [-0.4, -0.2) is 9.13 Å². The van der Waals surface area contributed by atoms with Crippen LogP contribution in [0.1, 0.15) is 6.92 Å². The highest BCUT2D eigenvalue weighted by atomic mass is 15.0. The summed E-state index contributed by atoms with van der Waals surface area (Å²) in [6.07, 6.45) is 0. The van der Waals surface area contributed by atoms with Crippen LogP contribution >= 0.6 is 0 Å². The molecule has 7 aromatic rings. The van der Waals surface area contributed by atoms with Gasteiger partial charge in [-0.3, -0.25) is 0 Å². The average Bonchev–Trinajstić information content (AvgIpc) is 3.41. The van der Waals surface area contributed by atoms with E-state index in [1.807, 2.05) is 0 Å². The summed E-state index contributed by atoms with van der Waals surface area (Å²) in [6.45, 7) is 6.30. The van der Waals surface area contributed by atoms with Gasteiger partial charge in [0.15, 0.2) is 0 Å². The van der Waals surface area contributed by atoms with Crippen molar-refractivity contribution >= 4 is 49.3 Å². The van der Waals surface area contributed by atoms with E-state index in [0.29, 0.717) is 0 Å². The second kappa shape index (κ2) is 7.48. The van der Waals surface area contributed by atoms with Gasteiger partial charge < -0.3 is 9.13 Å². The van der Waals surface area contributed by atoms with E-state index in [1.165, 1.54) is 60.4 Å². The lowest BCUT2D eigenvalue weighted by molar-refractivity contribution is 1.18. The third-order valence-corrected chi connectivity index (χ3v) is 7.08. The zero-order chi connectivity index (χ0) is 23.5. The van der Waals surface area contributed by atoms with Crippen molar-refractivity contribution < 1.29 is 0 Å². The van der Waals surface area contributed by atoms with E-state index < -0.39 is 0 Å². The van der Waals surface area contributed by atoms with E-state index in [1.54, 1.807) is 0 Å². The fraction of sp³-hybridized carbons (Fsp3) is 0.0303. The van der Waals surface area contributed by atoms with Gasteiger partial charge in [-0.25, -0.2) is 0 Å². The molecule has 0 fully saturated rings. The fourth-order valence-electron chi connectivity index (χ4n) is 5.57. The Labute approximate surface area is 204 Å². The van der Waals surface area contributed by atoms with Crippen molar-refractivity contribution in [3.63, 3.8) is 0 Å². The summed E-state index contributed by atoms with van der Waals surface area (Å²) in [4.78, 5) is 0. The summed E-state index contributed by atoms with van der Waals surface area (Å²) < 4.78 is 4.63. The van der Waals surface area contributed by atoms with Crippen molar-refractivity contribution in [3.8, 4) is 16.8 Å². The molecule has 0 amide bonds. The largest absolute Gasteiger partial charge is 0.314 e. The highest BCUT2D eigenvalue weighted by Crippen LogP contribution is 2.37. The summed E-state index contributed by atoms with van der Waals surface area (Å²) in [6, 6.07) is 41.5. The molecule has 0 spiro atoms. The second-order valence-electron chi connectivity index (χ2n) is 9.24. The van der Waals surface area contributed by atoms with Gasteiger partial charge in [0.05, 0.1) is 22.1 Å². The third kappa shape index (κ3) is 2.90. The number of rotatable bonds is 3. The van der Waals surface area contributed by atoms with Crippen LogP contribution in [-0.2, 0) is 0 Å². The molecule has 0 radical (unpaired) electrons. The van der Waals surface area contributed by atoms with Gasteiger partial charge in [-0.05, 0) is 60.5 Å².